The quantitative estimate of drug-likeness (QED) is 0.651. The molecule has 0 bridgehead atoms. The Morgan fingerprint density at radius 2 is 1.57 bits per heavy atom. The van der Waals surface area contributed by atoms with Crippen LogP contribution < -0.4 is 0 Å². The van der Waals surface area contributed by atoms with Gasteiger partial charge < -0.3 is 24.7 Å². The maximum absolute atomic E-state index is 13.7. The molecule has 2 amide bonds. The minimum atomic E-state index is -1.07. The number of benzene rings is 1. The van der Waals surface area contributed by atoms with E-state index in [2.05, 4.69) is 4.98 Å². The van der Waals surface area contributed by atoms with Gasteiger partial charge in [0.05, 0.1) is 23.1 Å². The molecular formula is C26H27N3O6. The van der Waals surface area contributed by atoms with Crippen LogP contribution in [0.1, 0.15) is 59.2 Å². The Morgan fingerprint density at radius 3 is 2.23 bits per heavy atom. The number of fused-ring (bicyclic) bond motifs is 2. The van der Waals surface area contributed by atoms with Crippen LogP contribution in [0.15, 0.2) is 42.7 Å². The van der Waals surface area contributed by atoms with Crippen LogP contribution in [0.25, 0.3) is 0 Å². The second kappa shape index (κ2) is 7.52. The minimum absolute atomic E-state index is 0.0501. The predicted molar refractivity (Wildman–Crippen MR) is 123 cm³/mol. The fourth-order valence-electron chi connectivity index (χ4n) is 6.01. The molecular weight excluding hydrogens is 450 g/mol. The topological polar surface area (TPSA) is 120 Å². The Hall–Kier alpha value is -3.46. The Labute approximate surface area is 202 Å². The summed E-state index contributed by atoms with van der Waals surface area (Å²) in [5, 5.41) is 20.3. The molecule has 4 aliphatic rings. The van der Waals surface area contributed by atoms with E-state index >= 15 is 0 Å². The van der Waals surface area contributed by atoms with Crippen LogP contribution in [0.5, 0.6) is 0 Å². The van der Waals surface area contributed by atoms with Gasteiger partial charge in [0.25, 0.3) is 0 Å². The van der Waals surface area contributed by atoms with Crippen LogP contribution in [0.4, 0.5) is 4.79 Å². The second-order valence-corrected chi connectivity index (χ2v) is 10.2. The first kappa shape index (κ1) is 22.0. The number of hydrogen-bond donors (Lipinski definition) is 2. The first-order valence-corrected chi connectivity index (χ1v) is 12.0. The Balaban J connectivity index is 1.18. The number of rotatable bonds is 3. The van der Waals surface area contributed by atoms with Crippen LogP contribution in [-0.4, -0.2) is 69.1 Å². The summed E-state index contributed by atoms with van der Waals surface area (Å²) >= 11 is 0. The van der Waals surface area contributed by atoms with E-state index in [1.54, 1.807) is 6.20 Å². The number of amides is 2. The molecule has 9 heteroatoms. The molecule has 6 rings (SSSR count). The molecule has 35 heavy (non-hydrogen) atoms. The van der Waals surface area contributed by atoms with E-state index < -0.39 is 22.7 Å². The van der Waals surface area contributed by atoms with Gasteiger partial charge in [0.2, 0.25) is 5.91 Å². The molecule has 2 saturated heterocycles. The molecule has 9 nitrogen and oxygen atoms in total. The highest BCUT2D eigenvalue weighted by Gasteiger charge is 2.57. The summed E-state index contributed by atoms with van der Waals surface area (Å²) in [6.07, 6.45) is 4.98. The average Bonchev–Trinajstić information content (AvgIpc) is 3.50. The molecule has 4 heterocycles. The number of carbonyl (C=O) groups excluding carboxylic acids is 2. The standard InChI is InChI=1S/C26H27N3O6/c30-21-19-15-27-11-5-20(19)26(35-21)10-14-29(16-26)22(31)24(6-7-24)17-1-3-18(4-2-17)25(34)8-12-28(13-9-25)23(32)33/h1-5,11,15,34H,6-10,12-14,16H2,(H,32,33). The van der Waals surface area contributed by atoms with Gasteiger partial charge in [0.15, 0.2) is 5.60 Å². The van der Waals surface area contributed by atoms with E-state index in [4.69, 9.17) is 9.84 Å². The maximum atomic E-state index is 13.7. The number of likely N-dealkylation sites (tertiary alicyclic amines) is 2. The van der Waals surface area contributed by atoms with Crippen LogP contribution in [0, 0.1) is 0 Å². The molecule has 2 N–H and O–H groups in total. The summed E-state index contributed by atoms with van der Waals surface area (Å²) < 4.78 is 5.77. The Morgan fingerprint density at radius 1 is 0.914 bits per heavy atom. The second-order valence-electron chi connectivity index (χ2n) is 10.2. The highest BCUT2D eigenvalue weighted by molar-refractivity contribution is 5.95. The Kier molecular flexibility index (Phi) is 4.73. The van der Waals surface area contributed by atoms with Crippen LogP contribution >= 0.6 is 0 Å². The van der Waals surface area contributed by atoms with Crippen LogP contribution in [0.3, 0.4) is 0 Å². The lowest BCUT2D eigenvalue weighted by atomic mass is 9.83. The minimum Gasteiger partial charge on any atom is -0.465 e. The third-order valence-corrected chi connectivity index (χ3v) is 8.33. The molecule has 0 radical (unpaired) electrons. The van der Waals surface area contributed by atoms with Gasteiger partial charge >= 0.3 is 12.1 Å². The van der Waals surface area contributed by atoms with Crippen molar-refractivity contribution in [1.29, 1.82) is 0 Å². The smallest absolute Gasteiger partial charge is 0.407 e. The van der Waals surface area contributed by atoms with E-state index in [-0.39, 0.29) is 25.0 Å². The molecule has 182 valence electrons. The third kappa shape index (κ3) is 3.32. The number of pyridine rings is 1. The van der Waals surface area contributed by atoms with E-state index in [1.165, 1.54) is 11.1 Å². The first-order chi connectivity index (χ1) is 16.8. The van der Waals surface area contributed by atoms with E-state index in [0.717, 1.165) is 29.5 Å². The van der Waals surface area contributed by atoms with Crippen molar-refractivity contribution in [2.75, 3.05) is 26.2 Å². The number of ether oxygens (including phenoxy) is 1. The van der Waals surface area contributed by atoms with Gasteiger partial charge in [-0.05, 0) is 42.9 Å². The SMILES string of the molecule is O=C1OC2(CCN(C(=O)C3(c4ccc(C5(O)CCN(C(=O)O)CC5)cc4)CC3)C2)c2ccncc21. The summed E-state index contributed by atoms with van der Waals surface area (Å²) in [5.41, 5.74) is 0.516. The first-order valence-electron chi connectivity index (χ1n) is 12.0. The highest BCUT2D eigenvalue weighted by Crippen LogP contribution is 2.52. The number of aliphatic hydroxyl groups is 1. The van der Waals surface area contributed by atoms with Gasteiger partial charge in [-0.25, -0.2) is 9.59 Å². The van der Waals surface area contributed by atoms with Crippen molar-refractivity contribution in [3.05, 3.63) is 65.0 Å². The number of esters is 1. The van der Waals surface area contributed by atoms with Gasteiger partial charge in [0.1, 0.15) is 0 Å². The maximum Gasteiger partial charge on any atom is 0.407 e. The average molecular weight is 478 g/mol. The predicted octanol–water partition coefficient (Wildman–Crippen LogP) is 2.37. The fraction of sp³-hybridized carbons (Fsp3) is 0.462. The number of carbonyl (C=O) groups is 3. The van der Waals surface area contributed by atoms with Crippen molar-refractivity contribution in [2.45, 2.75) is 48.7 Å². The molecule has 1 saturated carbocycles. The summed E-state index contributed by atoms with van der Waals surface area (Å²) in [5.74, 6) is -0.333. The molecule has 1 aromatic carbocycles. The molecule has 1 atom stereocenters. The zero-order valence-corrected chi connectivity index (χ0v) is 19.3. The molecule has 3 aliphatic heterocycles. The lowest BCUT2D eigenvalue weighted by Crippen LogP contribution is -2.44. The Bertz CT molecular complexity index is 1220. The number of carboxylic acid groups (broad SMARTS) is 1. The van der Waals surface area contributed by atoms with Gasteiger partial charge in [-0.2, -0.15) is 0 Å². The van der Waals surface area contributed by atoms with E-state index in [1.807, 2.05) is 35.2 Å². The zero-order chi connectivity index (χ0) is 24.4. The number of piperidine rings is 1. The molecule has 1 aliphatic carbocycles. The summed E-state index contributed by atoms with van der Waals surface area (Å²) in [4.78, 5) is 44.4. The van der Waals surface area contributed by atoms with Crippen molar-refractivity contribution < 1.29 is 29.3 Å². The van der Waals surface area contributed by atoms with Crippen LogP contribution in [-0.2, 0) is 26.1 Å². The van der Waals surface area contributed by atoms with Gasteiger partial charge in [-0.3, -0.25) is 9.78 Å². The van der Waals surface area contributed by atoms with Gasteiger partial charge in [-0.1, -0.05) is 24.3 Å². The van der Waals surface area contributed by atoms with Crippen molar-refractivity contribution in [1.82, 2.24) is 14.8 Å². The van der Waals surface area contributed by atoms with Crippen LogP contribution in [0.2, 0.25) is 0 Å². The summed E-state index contributed by atoms with van der Waals surface area (Å²) in [6.45, 7) is 1.44. The van der Waals surface area contributed by atoms with Gasteiger partial charge in [-0.15, -0.1) is 0 Å². The monoisotopic (exact) mass is 477 g/mol. The van der Waals surface area contributed by atoms with Crippen molar-refractivity contribution in [3.8, 4) is 0 Å². The number of aromatic nitrogens is 1. The summed E-state index contributed by atoms with van der Waals surface area (Å²) in [7, 11) is 0. The number of nitrogens with zero attached hydrogens (tertiary/aromatic N) is 3. The van der Waals surface area contributed by atoms with Crippen molar-refractivity contribution >= 4 is 18.0 Å². The molecule has 3 fully saturated rings. The van der Waals surface area contributed by atoms with Gasteiger partial charge in [0, 0.05) is 44.0 Å². The van der Waals surface area contributed by atoms with E-state index in [9.17, 15) is 19.5 Å². The van der Waals surface area contributed by atoms with Crippen molar-refractivity contribution in [3.63, 3.8) is 0 Å². The largest absolute Gasteiger partial charge is 0.465 e. The highest BCUT2D eigenvalue weighted by atomic mass is 16.6. The lowest BCUT2D eigenvalue weighted by Gasteiger charge is -2.37. The molecule has 1 spiro atoms. The molecule has 1 unspecified atom stereocenters. The fourth-order valence-corrected chi connectivity index (χ4v) is 6.01. The molecule has 2 aromatic rings. The molecule has 1 aromatic heterocycles. The lowest BCUT2D eigenvalue weighted by molar-refractivity contribution is -0.134. The normalized spacial score (nSPS) is 25.9. The van der Waals surface area contributed by atoms with E-state index in [0.29, 0.717) is 37.9 Å². The summed E-state index contributed by atoms with van der Waals surface area (Å²) in [6, 6.07) is 9.39. The number of hydrogen-bond acceptors (Lipinski definition) is 6. The van der Waals surface area contributed by atoms with Crippen molar-refractivity contribution in [2.24, 2.45) is 0 Å². The third-order valence-electron chi connectivity index (χ3n) is 8.33. The zero-order valence-electron chi connectivity index (χ0n) is 19.3.